The molecule has 3 nitrogen and oxygen atoms in total. The molecular formula is C19H20N2O. The minimum atomic E-state index is -0.173. The Hall–Kier alpha value is -2.60. The second kappa shape index (κ2) is 6.03. The van der Waals surface area contributed by atoms with E-state index in [9.17, 15) is 4.79 Å². The molecule has 0 aliphatic rings. The molecule has 22 heavy (non-hydrogen) atoms. The van der Waals surface area contributed by atoms with Crippen LogP contribution in [-0.2, 0) is 5.41 Å². The molecule has 0 bridgehead atoms. The van der Waals surface area contributed by atoms with E-state index in [1.165, 1.54) is 5.56 Å². The zero-order valence-electron chi connectivity index (χ0n) is 13.4. The molecule has 1 amide bonds. The highest BCUT2D eigenvalue weighted by atomic mass is 16.1. The van der Waals surface area contributed by atoms with Crippen LogP contribution in [-0.4, -0.2) is 5.91 Å². The lowest BCUT2D eigenvalue weighted by Gasteiger charge is -2.19. The molecule has 0 unspecified atom stereocenters. The first-order chi connectivity index (χ1) is 10.3. The van der Waals surface area contributed by atoms with E-state index in [1.54, 1.807) is 12.1 Å². The van der Waals surface area contributed by atoms with Gasteiger partial charge in [-0.2, -0.15) is 5.26 Å². The lowest BCUT2D eigenvalue weighted by atomic mass is 9.87. The Morgan fingerprint density at radius 1 is 1.09 bits per heavy atom. The van der Waals surface area contributed by atoms with Gasteiger partial charge in [0.1, 0.15) is 0 Å². The summed E-state index contributed by atoms with van der Waals surface area (Å²) in [6.07, 6.45) is 0. The number of aryl methyl sites for hydroxylation is 1. The number of anilines is 1. The predicted molar refractivity (Wildman–Crippen MR) is 89.0 cm³/mol. The maximum Gasteiger partial charge on any atom is 0.255 e. The van der Waals surface area contributed by atoms with Crippen LogP contribution in [0.2, 0.25) is 0 Å². The standard InChI is InChI=1S/C19H20N2O/c1-13-5-10-17(11-15(13)12-20)21-18(22)14-6-8-16(9-7-14)19(2,3)4/h5-11H,1-4H3,(H,21,22). The van der Waals surface area contributed by atoms with Crippen molar-refractivity contribution in [2.75, 3.05) is 5.32 Å². The quantitative estimate of drug-likeness (QED) is 0.891. The van der Waals surface area contributed by atoms with Crippen LogP contribution < -0.4 is 5.32 Å². The van der Waals surface area contributed by atoms with Crippen LogP contribution >= 0.6 is 0 Å². The monoisotopic (exact) mass is 292 g/mol. The Bertz CT molecular complexity index is 732. The minimum Gasteiger partial charge on any atom is -0.322 e. The van der Waals surface area contributed by atoms with Gasteiger partial charge in [0.15, 0.2) is 0 Å². The third-order valence-corrected chi connectivity index (χ3v) is 3.63. The Morgan fingerprint density at radius 2 is 1.73 bits per heavy atom. The average molecular weight is 292 g/mol. The van der Waals surface area contributed by atoms with E-state index in [0.29, 0.717) is 16.8 Å². The highest BCUT2D eigenvalue weighted by Gasteiger charge is 2.14. The largest absolute Gasteiger partial charge is 0.322 e. The summed E-state index contributed by atoms with van der Waals surface area (Å²) in [7, 11) is 0. The van der Waals surface area contributed by atoms with Crippen LogP contribution in [0.3, 0.4) is 0 Å². The fraction of sp³-hybridized carbons (Fsp3) is 0.263. The summed E-state index contributed by atoms with van der Waals surface area (Å²) >= 11 is 0. The molecule has 0 atom stereocenters. The lowest BCUT2D eigenvalue weighted by Crippen LogP contribution is -2.14. The summed E-state index contributed by atoms with van der Waals surface area (Å²) in [6.45, 7) is 8.28. The molecule has 0 aromatic heterocycles. The second-order valence-electron chi connectivity index (χ2n) is 6.42. The number of nitrogens with one attached hydrogen (secondary N) is 1. The first-order valence-electron chi connectivity index (χ1n) is 7.24. The molecule has 2 aromatic carbocycles. The number of nitriles is 1. The molecule has 0 aliphatic carbocycles. The summed E-state index contributed by atoms with van der Waals surface area (Å²) in [5, 5.41) is 11.9. The van der Waals surface area contributed by atoms with Crippen molar-refractivity contribution in [2.45, 2.75) is 33.1 Å². The molecular weight excluding hydrogens is 272 g/mol. The van der Waals surface area contributed by atoms with Crippen molar-refractivity contribution in [3.05, 3.63) is 64.7 Å². The Labute approximate surface area is 131 Å². The van der Waals surface area contributed by atoms with Gasteiger partial charge in [0.2, 0.25) is 0 Å². The Balaban J connectivity index is 2.18. The minimum absolute atomic E-state index is 0.0632. The fourth-order valence-electron chi connectivity index (χ4n) is 2.15. The molecule has 112 valence electrons. The highest BCUT2D eigenvalue weighted by molar-refractivity contribution is 6.04. The van der Waals surface area contributed by atoms with Gasteiger partial charge in [-0.15, -0.1) is 0 Å². The molecule has 1 N–H and O–H groups in total. The number of nitrogens with zero attached hydrogens (tertiary/aromatic N) is 1. The Kier molecular flexibility index (Phi) is 4.32. The van der Waals surface area contributed by atoms with Crippen molar-refractivity contribution in [1.29, 1.82) is 5.26 Å². The summed E-state index contributed by atoms with van der Waals surface area (Å²) in [5.41, 5.74) is 3.95. The second-order valence-corrected chi connectivity index (χ2v) is 6.42. The zero-order chi connectivity index (χ0) is 16.3. The van der Waals surface area contributed by atoms with Gasteiger partial charge in [-0.25, -0.2) is 0 Å². The number of rotatable bonds is 2. The molecule has 0 fully saturated rings. The lowest BCUT2D eigenvalue weighted by molar-refractivity contribution is 0.102. The van der Waals surface area contributed by atoms with E-state index in [4.69, 9.17) is 5.26 Å². The van der Waals surface area contributed by atoms with Gasteiger partial charge >= 0.3 is 0 Å². The fourth-order valence-corrected chi connectivity index (χ4v) is 2.15. The highest BCUT2D eigenvalue weighted by Crippen LogP contribution is 2.22. The van der Waals surface area contributed by atoms with Gasteiger partial charge in [0.05, 0.1) is 11.6 Å². The van der Waals surface area contributed by atoms with Crippen molar-refractivity contribution in [2.24, 2.45) is 0 Å². The molecule has 0 saturated heterocycles. The summed E-state index contributed by atoms with van der Waals surface area (Å²) in [6, 6.07) is 15.1. The van der Waals surface area contributed by atoms with Crippen LogP contribution in [0, 0.1) is 18.3 Å². The number of hydrogen-bond donors (Lipinski definition) is 1. The topological polar surface area (TPSA) is 52.9 Å². The number of carbonyl (C=O) groups excluding carboxylic acids is 1. The third kappa shape index (κ3) is 3.53. The molecule has 0 spiro atoms. The van der Waals surface area contributed by atoms with Gasteiger partial charge in [-0.05, 0) is 47.7 Å². The summed E-state index contributed by atoms with van der Waals surface area (Å²) < 4.78 is 0. The van der Waals surface area contributed by atoms with Crippen molar-refractivity contribution < 1.29 is 4.79 Å². The first-order valence-corrected chi connectivity index (χ1v) is 7.24. The zero-order valence-corrected chi connectivity index (χ0v) is 13.4. The summed E-state index contributed by atoms with van der Waals surface area (Å²) in [4.78, 5) is 12.3. The SMILES string of the molecule is Cc1ccc(NC(=O)c2ccc(C(C)(C)C)cc2)cc1C#N. The van der Waals surface area contributed by atoms with Crippen molar-refractivity contribution in [3.63, 3.8) is 0 Å². The molecule has 2 rings (SSSR count). The predicted octanol–water partition coefficient (Wildman–Crippen LogP) is 4.42. The van der Waals surface area contributed by atoms with Gasteiger partial charge in [0.25, 0.3) is 5.91 Å². The van der Waals surface area contributed by atoms with Crippen LogP contribution in [0.15, 0.2) is 42.5 Å². The molecule has 0 aliphatic heterocycles. The maximum absolute atomic E-state index is 12.3. The number of hydrogen-bond acceptors (Lipinski definition) is 2. The normalized spacial score (nSPS) is 10.9. The first kappa shape index (κ1) is 15.8. The summed E-state index contributed by atoms with van der Waals surface area (Å²) in [5.74, 6) is -0.173. The van der Waals surface area contributed by atoms with Crippen LogP contribution in [0.5, 0.6) is 0 Å². The van der Waals surface area contributed by atoms with Crippen LogP contribution in [0.25, 0.3) is 0 Å². The molecule has 3 heteroatoms. The smallest absolute Gasteiger partial charge is 0.255 e. The van der Waals surface area contributed by atoms with E-state index in [0.717, 1.165) is 5.56 Å². The van der Waals surface area contributed by atoms with Crippen molar-refractivity contribution in [1.82, 2.24) is 0 Å². The van der Waals surface area contributed by atoms with Gasteiger partial charge < -0.3 is 5.32 Å². The number of amides is 1. The maximum atomic E-state index is 12.3. The van der Waals surface area contributed by atoms with E-state index in [2.05, 4.69) is 32.2 Å². The van der Waals surface area contributed by atoms with Crippen molar-refractivity contribution >= 4 is 11.6 Å². The molecule has 0 heterocycles. The van der Waals surface area contributed by atoms with Crippen molar-refractivity contribution in [3.8, 4) is 6.07 Å². The van der Waals surface area contributed by atoms with Crippen LogP contribution in [0.1, 0.15) is 47.8 Å². The molecule has 0 radical (unpaired) electrons. The number of carbonyl (C=O) groups is 1. The third-order valence-electron chi connectivity index (χ3n) is 3.63. The van der Waals surface area contributed by atoms with Gasteiger partial charge in [-0.1, -0.05) is 39.0 Å². The van der Waals surface area contributed by atoms with E-state index < -0.39 is 0 Å². The van der Waals surface area contributed by atoms with E-state index in [1.807, 2.05) is 37.3 Å². The van der Waals surface area contributed by atoms with E-state index in [-0.39, 0.29) is 11.3 Å². The van der Waals surface area contributed by atoms with Gasteiger partial charge in [-0.3, -0.25) is 4.79 Å². The molecule has 0 saturated carbocycles. The van der Waals surface area contributed by atoms with Crippen LogP contribution in [0.4, 0.5) is 5.69 Å². The average Bonchev–Trinajstić information content (AvgIpc) is 2.48. The van der Waals surface area contributed by atoms with Gasteiger partial charge in [0, 0.05) is 11.3 Å². The Morgan fingerprint density at radius 3 is 2.27 bits per heavy atom. The molecule has 2 aromatic rings. The number of benzene rings is 2. The van der Waals surface area contributed by atoms with E-state index >= 15 is 0 Å².